The number of amides is 1. The van der Waals surface area contributed by atoms with Gasteiger partial charge < -0.3 is 26.0 Å². The van der Waals surface area contributed by atoms with Crippen LogP contribution in [0, 0.1) is 5.82 Å². The van der Waals surface area contributed by atoms with Crippen LogP contribution in [-0.4, -0.2) is 37.2 Å². The highest BCUT2D eigenvalue weighted by Crippen LogP contribution is 2.31. The highest BCUT2D eigenvalue weighted by atomic mass is 19.4. The van der Waals surface area contributed by atoms with Gasteiger partial charge in [-0.2, -0.15) is 13.2 Å². The Balaban J connectivity index is 1.50. The van der Waals surface area contributed by atoms with E-state index < -0.39 is 23.5 Å². The zero-order valence-corrected chi connectivity index (χ0v) is 18.5. The van der Waals surface area contributed by atoms with E-state index in [0.717, 1.165) is 36.6 Å². The Kier molecular flexibility index (Phi) is 7.06. The van der Waals surface area contributed by atoms with Crippen molar-refractivity contribution < 1.29 is 27.1 Å². The summed E-state index contributed by atoms with van der Waals surface area (Å²) in [5, 5.41) is 5.98. The van der Waals surface area contributed by atoms with Gasteiger partial charge in [0.1, 0.15) is 11.6 Å². The van der Waals surface area contributed by atoms with Gasteiger partial charge >= 0.3 is 6.18 Å². The number of anilines is 4. The normalized spacial score (nSPS) is 14.0. The van der Waals surface area contributed by atoms with Crippen molar-refractivity contribution in [1.29, 1.82) is 0 Å². The molecule has 4 rings (SSSR count). The zero-order valence-electron chi connectivity index (χ0n) is 18.5. The summed E-state index contributed by atoms with van der Waals surface area (Å²) in [6.07, 6.45) is -3.41. The van der Waals surface area contributed by atoms with Crippen LogP contribution in [0.1, 0.15) is 21.5 Å². The lowest BCUT2D eigenvalue weighted by atomic mass is 10.1. The monoisotopic (exact) mass is 489 g/mol. The fourth-order valence-electron chi connectivity index (χ4n) is 3.70. The van der Waals surface area contributed by atoms with E-state index in [1.165, 1.54) is 12.3 Å². The molecule has 7 nitrogen and oxygen atoms in total. The first-order chi connectivity index (χ1) is 16.7. The molecule has 0 saturated carbocycles. The molecule has 0 atom stereocenters. The molecule has 0 radical (unpaired) electrons. The molecule has 3 aromatic rings. The number of aromatic nitrogens is 1. The fraction of sp³-hybridized carbons (Fsp3) is 0.250. The third-order valence-electron chi connectivity index (χ3n) is 5.45. The van der Waals surface area contributed by atoms with E-state index in [1.54, 1.807) is 0 Å². The quantitative estimate of drug-likeness (QED) is 0.423. The van der Waals surface area contributed by atoms with Crippen molar-refractivity contribution in [3.05, 3.63) is 77.2 Å². The summed E-state index contributed by atoms with van der Waals surface area (Å²) in [7, 11) is 0. The van der Waals surface area contributed by atoms with Gasteiger partial charge in [0, 0.05) is 43.3 Å². The predicted octanol–water partition coefficient (Wildman–Crippen LogP) is 4.53. The minimum Gasteiger partial charge on any atom is -0.380 e. The molecule has 1 fully saturated rings. The molecular formula is C24H23F4N5O2. The first-order valence-electron chi connectivity index (χ1n) is 10.8. The first-order valence-corrected chi connectivity index (χ1v) is 10.8. The van der Waals surface area contributed by atoms with E-state index in [0.29, 0.717) is 25.1 Å². The number of benzene rings is 2. The number of rotatable bonds is 7. The van der Waals surface area contributed by atoms with Crippen LogP contribution in [-0.2, 0) is 17.5 Å². The number of nitrogens with one attached hydrogen (secondary N) is 2. The van der Waals surface area contributed by atoms with Crippen molar-refractivity contribution in [3.63, 3.8) is 0 Å². The third kappa shape index (κ3) is 6.18. The van der Waals surface area contributed by atoms with Gasteiger partial charge in [-0.25, -0.2) is 9.37 Å². The molecule has 35 heavy (non-hydrogen) atoms. The summed E-state index contributed by atoms with van der Waals surface area (Å²) in [6, 6.07) is 11.5. The van der Waals surface area contributed by atoms with Gasteiger partial charge in [-0.15, -0.1) is 0 Å². The molecule has 1 aliphatic rings. The van der Waals surface area contributed by atoms with Gasteiger partial charge in [-0.1, -0.05) is 0 Å². The van der Waals surface area contributed by atoms with Crippen molar-refractivity contribution in [3.8, 4) is 0 Å². The maximum absolute atomic E-state index is 13.7. The largest absolute Gasteiger partial charge is 0.416 e. The van der Waals surface area contributed by atoms with E-state index in [4.69, 9.17) is 10.5 Å². The molecule has 1 aromatic heterocycles. The number of nitrogens with zero attached hydrogens (tertiary/aromatic N) is 2. The molecule has 0 unspecified atom stereocenters. The number of morpholine rings is 1. The van der Waals surface area contributed by atoms with Crippen LogP contribution in [0.2, 0.25) is 0 Å². The zero-order chi connectivity index (χ0) is 25.0. The maximum atomic E-state index is 13.7. The lowest BCUT2D eigenvalue weighted by molar-refractivity contribution is -0.137. The van der Waals surface area contributed by atoms with Crippen LogP contribution >= 0.6 is 0 Å². The van der Waals surface area contributed by atoms with E-state index in [9.17, 15) is 22.4 Å². The summed E-state index contributed by atoms with van der Waals surface area (Å²) < 4.78 is 58.1. The minimum absolute atomic E-state index is 0.0469. The Labute approximate surface area is 198 Å². The number of hydrogen-bond donors (Lipinski definition) is 3. The average Bonchev–Trinajstić information content (AvgIpc) is 2.83. The molecular weight excluding hydrogens is 466 g/mol. The summed E-state index contributed by atoms with van der Waals surface area (Å²) in [5.41, 5.74) is 6.47. The molecule has 0 aliphatic carbocycles. The lowest BCUT2D eigenvalue weighted by Gasteiger charge is -2.28. The van der Waals surface area contributed by atoms with Crippen LogP contribution in [0.5, 0.6) is 0 Å². The van der Waals surface area contributed by atoms with Crippen molar-refractivity contribution in [2.75, 3.05) is 41.8 Å². The van der Waals surface area contributed by atoms with E-state index in [2.05, 4.69) is 20.5 Å². The van der Waals surface area contributed by atoms with Gasteiger partial charge in [0.25, 0.3) is 5.91 Å². The van der Waals surface area contributed by atoms with E-state index >= 15 is 0 Å². The molecule has 0 spiro atoms. The summed E-state index contributed by atoms with van der Waals surface area (Å²) in [6.45, 7) is 2.82. The van der Waals surface area contributed by atoms with Crippen LogP contribution in [0.15, 0.2) is 54.7 Å². The molecule has 4 N–H and O–H groups in total. The predicted molar refractivity (Wildman–Crippen MR) is 124 cm³/mol. The Hall–Kier alpha value is -3.86. The second-order valence-electron chi connectivity index (χ2n) is 7.95. The Morgan fingerprint density at radius 2 is 1.80 bits per heavy atom. The highest BCUT2D eigenvalue weighted by Gasteiger charge is 2.31. The molecule has 1 saturated heterocycles. The second-order valence-corrected chi connectivity index (χ2v) is 7.95. The van der Waals surface area contributed by atoms with Crippen LogP contribution < -0.4 is 21.3 Å². The average molecular weight is 489 g/mol. The number of carbonyl (C=O) groups excluding carboxylic acids is 1. The van der Waals surface area contributed by atoms with Crippen LogP contribution in [0.3, 0.4) is 0 Å². The lowest BCUT2D eigenvalue weighted by Crippen LogP contribution is -2.36. The second kappa shape index (κ2) is 10.2. The number of carbonyl (C=O) groups is 1. The van der Waals surface area contributed by atoms with Gasteiger partial charge in [0.15, 0.2) is 0 Å². The van der Waals surface area contributed by atoms with Gasteiger partial charge in [0.05, 0.1) is 30.0 Å². The number of pyridine rings is 1. The SMILES string of the molecule is NC(=O)c1cnc(Nc2ccc(N3CCOCC3)cc2)cc1NCc1cc(F)cc(C(F)(F)F)c1. The molecule has 11 heteroatoms. The van der Waals surface area contributed by atoms with Crippen LogP contribution in [0.4, 0.5) is 40.4 Å². The van der Waals surface area contributed by atoms with E-state index in [1.807, 2.05) is 24.3 Å². The Bertz CT molecular complexity index is 1200. The van der Waals surface area contributed by atoms with Crippen molar-refractivity contribution >= 4 is 28.8 Å². The molecule has 2 aromatic carbocycles. The van der Waals surface area contributed by atoms with Gasteiger partial charge in [-0.3, -0.25) is 4.79 Å². The molecule has 1 aliphatic heterocycles. The number of primary amides is 1. The van der Waals surface area contributed by atoms with Crippen LogP contribution in [0.25, 0.3) is 0 Å². The molecule has 1 amide bonds. The molecule has 184 valence electrons. The summed E-state index contributed by atoms with van der Waals surface area (Å²) in [4.78, 5) is 18.2. The number of hydrogen-bond acceptors (Lipinski definition) is 6. The smallest absolute Gasteiger partial charge is 0.380 e. The fourth-order valence-corrected chi connectivity index (χ4v) is 3.70. The third-order valence-corrected chi connectivity index (χ3v) is 5.45. The maximum Gasteiger partial charge on any atom is 0.416 e. The van der Waals surface area contributed by atoms with Crippen molar-refractivity contribution in [2.24, 2.45) is 5.73 Å². The molecule has 0 bridgehead atoms. The number of halogens is 4. The van der Waals surface area contributed by atoms with E-state index in [-0.39, 0.29) is 23.4 Å². The Morgan fingerprint density at radius 3 is 2.46 bits per heavy atom. The first kappa shape index (κ1) is 24.3. The number of ether oxygens (including phenoxy) is 1. The summed E-state index contributed by atoms with van der Waals surface area (Å²) >= 11 is 0. The van der Waals surface area contributed by atoms with Crippen molar-refractivity contribution in [1.82, 2.24) is 4.98 Å². The number of alkyl halides is 3. The van der Waals surface area contributed by atoms with Crippen molar-refractivity contribution in [2.45, 2.75) is 12.7 Å². The standard InChI is InChI=1S/C24H23F4N5O2/c25-17-10-15(9-16(11-17)24(26,27)28)13-30-21-12-22(31-14-20(21)23(29)34)32-18-1-3-19(4-2-18)33-5-7-35-8-6-33/h1-4,9-12,14H,5-8,13H2,(H2,29,34)(H2,30,31,32). The Morgan fingerprint density at radius 1 is 1.09 bits per heavy atom. The number of nitrogens with two attached hydrogens (primary N) is 1. The molecule has 2 heterocycles. The topological polar surface area (TPSA) is 92.5 Å². The minimum atomic E-state index is -4.68. The van der Waals surface area contributed by atoms with Gasteiger partial charge in [-0.05, 0) is 48.0 Å². The van der Waals surface area contributed by atoms with Gasteiger partial charge in [0.2, 0.25) is 0 Å². The summed E-state index contributed by atoms with van der Waals surface area (Å²) in [5.74, 6) is -1.40. The highest BCUT2D eigenvalue weighted by molar-refractivity contribution is 5.98.